The zero-order valence-corrected chi connectivity index (χ0v) is 16.7. The third-order valence-corrected chi connectivity index (χ3v) is 4.90. The Morgan fingerprint density at radius 3 is 2.62 bits per heavy atom. The quantitative estimate of drug-likeness (QED) is 0.599. The molecule has 1 atom stereocenters. The monoisotopic (exact) mass is 410 g/mol. The predicted molar refractivity (Wildman–Crippen MR) is 107 cm³/mol. The van der Waals surface area contributed by atoms with Gasteiger partial charge >= 0.3 is 0 Å². The number of rotatable bonds is 7. The Kier molecular flexibility index (Phi) is 5.80. The van der Waals surface area contributed by atoms with Gasteiger partial charge in [0.1, 0.15) is 17.5 Å². The Bertz CT molecular complexity index is 1120. The molecule has 0 aliphatic heterocycles. The molecule has 0 aliphatic carbocycles. The van der Waals surface area contributed by atoms with Crippen molar-refractivity contribution in [3.05, 3.63) is 58.5 Å². The second-order valence-corrected chi connectivity index (χ2v) is 6.98. The number of aromatic nitrogens is 4. The van der Waals surface area contributed by atoms with Crippen molar-refractivity contribution in [3.63, 3.8) is 0 Å². The number of nitrogens with zero attached hydrogens (tertiary/aromatic N) is 5. The molecule has 3 rings (SSSR count). The molecule has 29 heavy (non-hydrogen) atoms. The van der Waals surface area contributed by atoms with Crippen molar-refractivity contribution in [2.45, 2.75) is 32.9 Å². The highest BCUT2D eigenvalue weighted by atomic mass is 35.5. The molecule has 3 aromatic rings. The van der Waals surface area contributed by atoms with Crippen molar-refractivity contribution in [1.29, 1.82) is 5.26 Å². The third-order valence-electron chi connectivity index (χ3n) is 4.59. The molecule has 9 heteroatoms. The van der Waals surface area contributed by atoms with Crippen molar-refractivity contribution >= 4 is 23.3 Å². The summed E-state index contributed by atoms with van der Waals surface area (Å²) in [6.07, 6.45) is 2.46. The summed E-state index contributed by atoms with van der Waals surface area (Å²) in [6.45, 7) is 3.77. The van der Waals surface area contributed by atoms with Crippen molar-refractivity contribution in [2.24, 2.45) is 5.73 Å². The number of nitriles is 1. The van der Waals surface area contributed by atoms with E-state index in [-0.39, 0.29) is 23.2 Å². The Labute approximate surface area is 172 Å². The van der Waals surface area contributed by atoms with Gasteiger partial charge in [0.05, 0.1) is 28.9 Å². The maximum Gasteiger partial charge on any atom is 0.267 e. The van der Waals surface area contributed by atoms with Crippen LogP contribution in [0.3, 0.4) is 0 Å². The van der Waals surface area contributed by atoms with Gasteiger partial charge < -0.3 is 5.73 Å². The number of ketones is 1. The highest BCUT2D eigenvalue weighted by Crippen LogP contribution is 2.25. The first-order chi connectivity index (χ1) is 13.8. The number of primary amides is 1. The van der Waals surface area contributed by atoms with Crippen molar-refractivity contribution in [1.82, 2.24) is 19.6 Å². The second kappa shape index (κ2) is 8.29. The van der Waals surface area contributed by atoms with Crippen LogP contribution in [0.2, 0.25) is 5.02 Å². The number of nitrogens with two attached hydrogens (primary N) is 1. The van der Waals surface area contributed by atoms with Crippen LogP contribution in [-0.2, 0) is 6.54 Å². The highest BCUT2D eigenvalue weighted by Gasteiger charge is 2.21. The average Bonchev–Trinajstić information content (AvgIpc) is 3.33. The smallest absolute Gasteiger partial charge is 0.267 e. The summed E-state index contributed by atoms with van der Waals surface area (Å²) in [6, 6.07) is 10.2. The zero-order valence-electron chi connectivity index (χ0n) is 16.0. The van der Waals surface area contributed by atoms with Crippen molar-refractivity contribution in [3.8, 4) is 17.3 Å². The van der Waals surface area contributed by atoms with Crippen LogP contribution >= 0.6 is 11.6 Å². The van der Waals surface area contributed by atoms with Crippen LogP contribution in [0.4, 0.5) is 0 Å². The van der Waals surface area contributed by atoms with Crippen LogP contribution in [-0.4, -0.2) is 31.3 Å². The van der Waals surface area contributed by atoms with E-state index in [2.05, 4.69) is 10.2 Å². The molecule has 0 bridgehead atoms. The van der Waals surface area contributed by atoms with Gasteiger partial charge in [0.15, 0.2) is 5.78 Å². The number of carbonyl (C=O) groups is 2. The van der Waals surface area contributed by atoms with Crippen LogP contribution in [0, 0.1) is 11.3 Å². The lowest BCUT2D eigenvalue weighted by molar-refractivity contribution is 0.0982. The third kappa shape index (κ3) is 4.20. The van der Waals surface area contributed by atoms with E-state index in [1.54, 1.807) is 22.9 Å². The summed E-state index contributed by atoms with van der Waals surface area (Å²) >= 11 is 6.11. The van der Waals surface area contributed by atoms with E-state index in [4.69, 9.17) is 22.6 Å². The van der Waals surface area contributed by atoms with Crippen molar-refractivity contribution in [2.75, 3.05) is 0 Å². The lowest BCUT2D eigenvalue weighted by Gasteiger charge is -2.17. The summed E-state index contributed by atoms with van der Waals surface area (Å²) in [7, 11) is 0. The van der Waals surface area contributed by atoms with Gasteiger partial charge in [-0.3, -0.25) is 19.0 Å². The molecule has 0 fully saturated rings. The average molecular weight is 411 g/mol. The number of hydrogen-bond acceptors (Lipinski definition) is 5. The minimum Gasteiger partial charge on any atom is -0.364 e. The standard InChI is InChI=1S/C20H19ClN6O2/c1-3-15(27-19(20(23)29)9-18(25-27)12(2)28)11-26-7-6-17(24-26)13-4-5-14(10-22)16(21)8-13/h4-9,15H,3,11H2,1-2H3,(H2,23,29)/t15-/m1/s1. The van der Waals surface area contributed by atoms with Gasteiger partial charge in [-0.15, -0.1) is 0 Å². The molecule has 1 aromatic carbocycles. The molecule has 0 radical (unpaired) electrons. The highest BCUT2D eigenvalue weighted by molar-refractivity contribution is 6.32. The van der Waals surface area contributed by atoms with Gasteiger partial charge in [-0.2, -0.15) is 15.5 Å². The molecule has 8 nitrogen and oxygen atoms in total. The minimum absolute atomic E-state index is 0.188. The van der Waals surface area contributed by atoms with Crippen LogP contribution in [0.15, 0.2) is 36.5 Å². The molecule has 2 N–H and O–H groups in total. The normalized spacial score (nSPS) is 11.8. The molecular weight excluding hydrogens is 392 g/mol. The zero-order chi connectivity index (χ0) is 21.1. The largest absolute Gasteiger partial charge is 0.364 e. The van der Waals surface area contributed by atoms with E-state index in [1.807, 2.05) is 25.3 Å². The Morgan fingerprint density at radius 2 is 2.03 bits per heavy atom. The van der Waals surface area contributed by atoms with Gasteiger partial charge in [-0.05, 0) is 24.6 Å². The maximum absolute atomic E-state index is 11.8. The van der Waals surface area contributed by atoms with E-state index in [1.165, 1.54) is 17.7 Å². The maximum atomic E-state index is 11.8. The van der Waals surface area contributed by atoms with E-state index < -0.39 is 5.91 Å². The summed E-state index contributed by atoms with van der Waals surface area (Å²) < 4.78 is 3.23. The summed E-state index contributed by atoms with van der Waals surface area (Å²) in [5, 5.41) is 18.2. The number of Topliss-reactive ketones (excluding diaryl/α,β-unsaturated/α-hetero) is 1. The van der Waals surface area contributed by atoms with Crippen LogP contribution in [0.1, 0.15) is 52.9 Å². The fourth-order valence-corrected chi connectivity index (χ4v) is 3.23. The van der Waals surface area contributed by atoms with Crippen LogP contribution in [0.25, 0.3) is 11.3 Å². The first-order valence-corrected chi connectivity index (χ1v) is 9.35. The van der Waals surface area contributed by atoms with Gasteiger partial charge in [0.2, 0.25) is 0 Å². The van der Waals surface area contributed by atoms with E-state index >= 15 is 0 Å². The van der Waals surface area contributed by atoms with Gasteiger partial charge in [0, 0.05) is 24.8 Å². The van der Waals surface area contributed by atoms with Crippen LogP contribution in [0.5, 0.6) is 0 Å². The molecule has 2 aromatic heterocycles. The molecule has 0 saturated heterocycles. The number of carbonyl (C=O) groups excluding carboxylic acids is 2. The van der Waals surface area contributed by atoms with Crippen LogP contribution < -0.4 is 5.73 Å². The fraction of sp³-hybridized carbons (Fsp3) is 0.250. The van der Waals surface area contributed by atoms with E-state index in [0.29, 0.717) is 29.2 Å². The number of amides is 1. The Hall–Kier alpha value is -3.44. The van der Waals surface area contributed by atoms with Gasteiger partial charge in [-0.25, -0.2) is 0 Å². The van der Waals surface area contributed by atoms with Crippen molar-refractivity contribution < 1.29 is 9.59 Å². The lowest BCUT2D eigenvalue weighted by Crippen LogP contribution is -2.24. The molecule has 2 heterocycles. The van der Waals surface area contributed by atoms with E-state index in [9.17, 15) is 9.59 Å². The van der Waals surface area contributed by atoms with Gasteiger partial charge in [-0.1, -0.05) is 24.6 Å². The molecule has 1 amide bonds. The molecule has 0 aliphatic rings. The minimum atomic E-state index is -0.642. The second-order valence-electron chi connectivity index (χ2n) is 6.57. The first kappa shape index (κ1) is 20.3. The molecule has 0 saturated carbocycles. The first-order valence-electron chi connectivity index (χ1n) is 8.97. The topological polar surface area (TPSA) is 120 Å². The van der Waals surface area contributed by atoms with E-state index in [0.717, 1.165) is 5.56 Å². The van der Waals surface area contributed by atoms with Gasteiger partial charge in [0.25, 0.3) is 5.91 Å². The summed E-state index contributed by atoms with van der Waals surface area (Å²) in [5.41, 5.74) is 7.74. The SMILES string of the molecule is CC[C@H](Cn1ccc(-c2ccc(C#N)c(Cl)c2)n1)n1nc(C(C)=O)cc1C(N)=O. The molecule has 0 spiro atoms. The Morgan fingerprint density at radius 1 is 1.28 bits per heavy atom. The molecule has 148 valence electrons. The number of halogens is 1. The fourth-order valence-electron chi connectivity index (χ4n) is 3.01. The Balaban J connectivity index is 1.88. The summed E-state index contributed by atoms with van der Waals surface area (Å²) in [5.74, 6) is -0.878. The number of benzene rings is 1. The molecular formula is C20H19ClN6O2. The summed E-state index contributed by atoms with van der Waals surface area (Å²) in [4.78, 5) is 23.5. The number of hydrogen-bond donors (Lipinski definition) is 1. The lowest BCUT2D eigenvalue weighted by atomic mass is 10.1. The molecule has 0 unspecified atom stereocenters. The predicted octanol–water partition coefficient (Wildman–Crippen LogP) is 3.22.